The van der Waals surface area contributed by atoms with E-state index in [1.807, 2.05) is 0 Å². The molecule has 0 aromatic carbocycles. The van der Waals surface area contributed by atoms with Crippen molar-refractivity contribution >= 4 is 5.91 Å². The molecule has 1 fully saturated rings. The molecule has 1 heterocycles. The normalized spacial score (nSPS) is 28.8. The first-order valence-electron chi connectivity index (χ1n) is 5.61. The minimum Gasteiger partial charge on any atom is -0.352 e. The number of likely N-dealkylation sites (tertiary alicyclic amines) is 1. The maximum atomic E-state index is 11.0. The van der Waals surface area contributed by atoms with Gasteiger partial charge in [-0.2, -0.15) is 0 Å². The van der Waals surface area contributed by atoms with Gasteiger partial charge in [-0.3, -0.25) is 4.79 Å². The lowest BCUT2D eigenvalue weighted by atomic mass is 9.96. The van der Waals surface area contributed by atoms with E-state index in [0.717, 1.165) is 19.5 Å². The molecule has 0 aliphatic carbocycles. The molecule has 2 unspecified atom stereocenters. The highest BCUT2D eigenvalue weighted by molar-refractivity contribution is 5.73. The number of amides is 1. The molecule has 1 saturated heterocycles. The van der Waals surface area contributed by atoms with E-state index in [9.17, 15) is 4.79 Å². The molecule has 0 spiro atoms. The van der Waals surface area contributed by atoms with Crippen molar-refractivity contribution in [3.63, 3.8) is 0 Å². The molecule has 1 rings (SSSR count). The monoisotopic (exact) mass is 198 g/mol. The van der Waals surface area contributed by atoms with Gasteiger partial charge < -0.3 is 10.2 Å². The number of nitrogens with zero attached hydrogens (tertiary/aromatic N) is 1. The highest BCUT2D eigenvalue weighted by atomic mass is 16.1. The summed E-state index contributed by atoms with van der Waals surface area (Å²) in [5.74, 6) is 0.799. The summed E-state index contributed by atoms with van der Waals surface area (Å²) >= 11 is 0. The van der Waals surface area contributed by atoms with Gasteiger partial charge in [0.2, 0.25) is 5.91 Å². The zero-order chi connectivity index (χ0) is 10.6. The fourth-order valence-corrected chi connectivity index (χ4v) is 2.35. The van der Waals surface area contributed by atoms with Gasteiger partial charge in [-0.1, -0.05) is 13.8 Å². The van der Waals surface area contributed by atoms with Gasteiger partial charge in [0.05, 0.1) is 0 Å². The Kier molecular flexibility index (Phi) is 4.39. The zero-order valence-electron chi connectivity index (χ0n) is 9.55. The van der Waals surface area contributed by atoms with Crippen LogP contribution in [0, 0.1) is 5.92 Å². The first kappa shape index (κ1) is 11.5. The highest BCUT2D eigenvalue weighted by Crippen LogP contribution is 2.16. The molecule has 3 heteroatoms. The zero-order valence-corrected chi connectivity index (χ0v) is 9.55. The number of nitrogens with one attached hydrogen (secondary N) is 1. The van der Waals surface area contributed by atoms with Crippen LogP contribution in [-0.2, 0) is 4.79 Å². The van der Waals surface area contributed by atoms with Crippen LogP contribution in [0.1, 0.15) is 33.6 Å². The predicted octanol–water partition coefficient (Wildman–Crippen LogP) is 1.24. The van der Waals surface area contributed by atoms with Crippen molar-refractivity contribution in [1.82, 2.24) is 10.2 Å². The summed E-state index contributed by atoms with van der Waals surface area (Å²) in [5, 5.41) is 3.02. The summed E-state index contributed by atoms with van der Waals surface area (Å²) in [6.07, 6.45) is 2.32. The maximum absolute atomic E-state index is 11.0. The molecule has 0 aromatic heterocycles. The summed E-state index contributed by atoms with van der Waals surface area (Å²) in [5.41, 5.74) is 0. The molecular weight excluding hydrogens is 176 g/mol. The Balaban J connectivity index is 2.41. The molecule has 82 valence electrons. The lowest BCUT2D eigenvalue weighted by Crippen LogP contribution is -2.49. The fourth-order valence-electron chi connectivity index (χ4n) is 2.35. The summed E-state index contributed by atoms with van der Waals surface area (Å²) in [4.78, 5) is 13.4. The Labute approximate surface area is 86.9 Å². The molecule has 0 radical (unpaired) electrons. The van der Waals surface area contributed by atoms with Crippen LogP contribution in [-0.4, -0.2) is 36.5 Å². The van der Waals surface area contributed by atoms with Gasteiger partial charge in [0, 0.05) is 26.1 Å². The average molecular weight is 198 g/mol. The third-order valence-corrected chi connectivity index (χ3v) is 2.68. The van der Waals surface area contributed by atoms with Crippen LogP contribution in [0.3, 0.4) is 0 Å². The van der Waals surface area contributed by atoms with E-state index in [1.54, 1.807) is 6.92 Å². The van der Waals surface area contributed by atoms with Gasteiger partial charge in [0.25, 0.3) is 0 Å². The molecule has 1 aliphatic rings. The number of piperidine rings is 1. The van der Waals surface area contributed by atoms with Crippen molar-refractivity contribution in [2.24, 2.45) is 5.92 Å². The number of carbonyl (C=O) groups excluding carboxylic acids is 1. The standard InChI is InChI=1S/C11H22N2O/c1-4-5-13-7-9(2)6-11(8-13)12-10(3)14/h9,11H,4-8H2,1-3H3,(H,12,14). The molecule has 1 N–H and O–H groups in total. The minimum absolute atomic E-state index is 0.0977. The Morgan fingerprint density at radius 2 is 2.21 bits per heavy atom. The average Bonchev–Trinajstić information content (AvgIpc) is 2.01. The second-order valence-corrected chi connectivity index (χ2v) is 4.50. The lowest BCUT2D eigenvalue weighted by Gasteiger charge is -2.36. The number of hydrogen-bond donors (Lipinski definition) is 1. The third-order valence-electron chi connectivity index (χ3n) is 2.68. The van der Waals surface area contributed by atoms with E-state index in [-0.39, 0.29) is 5.91 Å². The smallest absolute Gasteiger partial charge is 0.217 e. The van der Waals surface area contributed by atoms with Crippen LogP contribution in [0.2, 0.25) is 0 Å². The molecule has 0 aromatic rings. The predicted molar refractivity (Wildman–Crippen MR) is 58.1 cm³/mol. The number of rotatable bonds is 3. The molecule has 2 atom stereocenters. The Morgan fingerprint density at radius 1 is 1.50 bits per heavy atom. The van der Waals surface area contributed by atoms with E-state index in [4.69, 9.17) is 0 Å². The van der Waals surface area contributed by atoms with E-state index in [1.165, 1.54) is 13.0 Å². The molecular formula is C11H22N2O. The molecule has 14 heavy (non-hydrogen) atoms. The van der Waals surface area contributed by atoms with Crippen LogP contribution in [0.15, 0.2) is 0 Å². The van der Waals surface area contributed by atoms with Crippen LogP contribution >= 0.6 is 0 Å². The van der Waals surface area contributed by atoms with Crippen LogP contribution in [0.5, 0.6) is 0 Å². The van der Waals surface area contributed by atoms with Gasteiger partial charge in [-0.25, -0.2) is 0 Å². The quantitative estimate of drug-likeness (QED) is 0.740. The third kappa shape index (κ3) is 3.66. The van der Waals surface area contributed by atoms with Gasteiger partial charge in [0.15, 0.2) is 0 Å². The van der Waals surface area contributed by atoms with Crippen molar-refractivity contribution in [1.29, 1.82) is 0 Å². The fraction of sp³-hybridized carbons (Fsp3) is 0.909. The summed E-state index contributed by atoms with van der Waals surface area (Å²) in [6, 6.07) is 0.364. The molecule has 1 aliphatic heterocycles. The van der Waals surface area contributed by atoms with Crippen molar-refractivity contribution in [3.8, 4) is 0 Å². The lowest BCUT2D eigenvalue weighted by molar-refractivity contribution is -0.120. The van der Waals surface area contributed by atoms with E-state index >= 15 is 0 Å². The van der Waals surface area contributed by atoms with E-state index in [2.05, 4.69) is 24.1 Å². The van der Waals surface area contributed by atoms with E-state index in [0.29, 0.717) is 12.0 Å². The SMILES string of the molecule is CCCN1CC(C)CC(NC(C)=O)C1. The van der Waals surface area contributed by atoms with Crippen molar-refractivity contribution in [2.75, 3.05) is 19.6 Å². The van der Waals surface area contributed by atoms with Crippen molar-refractivity contribution in [3.05, 3.63) is 0 Å². The molecule has 0 saturated carbocycles. The summed E-state index contributed by atoms with van der Waals surface area (Å²) in [6.45, 7) is 9.43. The highest BCUT2D eigenvalue weighted by Gasteiger charge is 2.24. The first-order valence-corrected chi connectivity index (χ1v) is 5.61. The second-order valence-electron chi connectivity index (χ2n) is 4.50. The summed E-state index contributed by atoms with van der Waals surface area (Å²) in [7, 11) is 0. The Morgan fingerprint density at radius 3 is 2.79 bits per heavy atom. The minimum atomic E-state index is 0.0977. The van der Waals surface area contributed by atoms with Crippen LogP contribution < -0.4 is 5.32 Å². The Bertz CT molecular complexity index is 194. The second kappa shape index (κ2) is 5.35. The molecule has 1 amide bonds. The van der Waals surface area contributed by atoms with Gasteiger partial charge in [0.1, 0.15) is 0 Å². The van der Waals surface area contributed by atoms with Crippen molar-refractivity contribution < 1.29 is 4.79 Å². The van der Waals surface area contributed by atoms with E-state index < -0.39 is 0 Å². The van der Waals surface area contributed by atoms with Gasteiger partial charge in [-0.15, -0.1) is 0 Å². The molecule has 3 nitrogen and oxygen atoms in total. The van der Waals surface area contributed by atoms with Crippen LogP contribution in [0.25, 0.3) is 0 Å². The van der Waals surface area contributed by atoms with Gasteiger partial charge in [-0.05, 0) is 25.3 Å². The van der Waals surface area contributed by atoms with Crippen molar-refractivity contribution in [2.45, 2.75) is 39.7 Å². The number of carbonyl (C=O) groups is 1. The molecule has 0 bridgehead atoms. The first-order chi connectivity index (χ1) is 6.61. The topological polar surface area (TPSA) is 32.3 Å². The Hall–Kier alpha value is -0.570. The maximum Gasteiger partial charge on any atom is 0.217 e. The van der Waals surface area contributed by atoms with Gasteiger partial charge >= 0.3 is 0 Å². The van der Waals surface area contributed by atoms with Crippen LogP contribution in [0.4, 0.5) is 0 Å². The number of hydrogen-bond acceptors (Lipinski definition) is 2. The summed E-state index contributed by atoms with van der Waals surface area (Å²) < 4.78 is 0. The largest absolute Gasteiger partial charge is 0.352 e.